The van der Waals surface area contributed by atoms with Crippen LogP contribution in [-0.4, -0.2) is 70.0 Å². The van der Waals surface area contributed by atoms with E-state index in [1.54, 1.807) is 0 Å². The highest BCUT2D eigenvalue weighted by Crippen LogP contribution is 2.48. The van der Waals surface area contributed by atoms with Crippen LogP contribution < -0.4 is 10.6 Å². The number of nitrogens with one attached hydrogen (secondary N) is 2. The number of carbonyl (C=O) groups is 3. The molecule has 0 aliphatic carbocycles. The van der Waals surface area contributed by atoms with E-state index in [1.807, 2.05) is 0 Å². The standard InChI is InChI=1S/C28H32F3N3O5/c1-5-12-32-25(38)23-27(3,4)28(30,31)15-34(23)26(39)22(36)20(14-17-8-6-9-18(29)13-17)33-24(37)19-10-7-11-21(35)16(19)2/h5-11,13,20,22-23,35-36H,1,12,14-15H2,2-4H3,(H,32,38)(H,33,37)/t20-,22-,23?/m0/s1. The van der Waals surface area contributed by atoms with E-state index in [0.717, 1.165) is 19.9 Å². The minimum atomic E-state index is -3.47. The first kappa shape index (κ1) is 29.7. The fourth-order valence-electron chi connectivity index (χ4n) is 4.66. The summed E-state index contributed by atoms with van der Waals surface area (Å²) in [5.74, 6) is -7.03. The lowest BCUT2D eigenvalue weighted by molar-refractivity contribution is -0.148. The fraction of sp³-hybridized carbons (Fsp3) is 0.393. The highest BCUT2D eigenvalue weighted by Gasteiger charge is 2.64. The van der Waals surface area contributed by atoms with Crippen LogP contribution in [-0.2, 0) is 16.0 Å². The second-order valence-corrected chi connectivity index (χ2v) is 10.1. The molecule has 1 aliphatic rings. The molecule has 1 heterocycles. The number of aromatic hydroxyl groups is 1. The van der Waals surface area contributed by atoms with E-state index in [1.165, 1.54) is 49.4 Å². The number of phenols is 1. The van der Waals surface area contributed by atoms with Gasteiger partial charge in [0.1, 0.15) is 17.6 Å². The van der Waals surface area contributed by atoms with E-state index < -0.39 is 59.6 Å². The average Bonchev–Trinajstić information content (AvgIpc) is 3.06. The molecule has 0 aromatic heterocycles. The molecular weight excluding hydrogens is 515 g/mol. The Morgan fingerprint density at radius 3 is 2.51 bits per heavy atom. The molecule has 210 valence electrons. The molecule has 39 heavy (non-hydrogen) atoms. The quantitative estimate of drug-likeness (QED) is 0.360. The zero-order chi connectivity index (χ0) is 29.1. The minimum absolute atomic E-state index is 0.0247. The van der Waals surface area contributed by atoms with Gasteiger partial charge in [0.15, 0.2) is 6.10 Å². The Labute approximate surface area is 224 Å². The van der Waals surface area contributed by atoms with E-state index in [4.69, 9.17) is 0 Å². The van der Waals surface area contributed by atoms with Crippen molar-refractivity contribution in [3.05, 3.63) is 77.6 Å². The normalized spacial score (nSPS) is 19.2. The Morgan fingerprint density at radius 1 is 1.21 bits per heavy atom. The number of amides is 3. The highest BCUT2D eigenvalue weighted by molar-refractivity contribution is 5.97. The number of phenolic OH excluding ortho intramolecular Hbond substituents is 1. The van der Waals surface area contributed by atoms with Crippen molar-refractivity contribution in [2.45, 2.75) is 51.3 Å². The number of aliphatic hydroxyl groups excluding tert-OH is 1. The Bertz CT molecular complexity index is 1270. The van der Waals surface area contributed by atoms with Crippen LogP contribution in [0.4, 0.5) is 13.2 Å². The monoisotopic (exact) mass is 547 g/mol. The minimum Gasteiger partial charge on any atom is -0.508 e. The van der Waals surface area contributed by atoms with E-state index in [-0.39, 0.29) is 29.8 Å². The van der Waals surface area contributed by atoms with Crippen LogP contribution in [0.15, 0.2) is 55.1 Å². The summed E-state index contributed by atoms with van der Waals surface area (Å²) in [5, 5.41) is 26.1. The molecule has 0 spiro atoms. The van der Waals surface area contributed by atoms with Gasteiger partial charge in [-0.2, -0.15) is 0 Å². The maximum absolute atomic E-state index is 15.0. The van der Waals surface area contributed by atoms with Gasteiger partial charge in [0.05, 0.1) is 18.0 Å². The van der Waals surface area contributed by atoms with E-state index in [0.29, 0.717) is 10.5 Å². The number of likely N-dealkylation sites (tertiary alicyclic amines) is 1. The molecule has 1 fully saturated rings. The zero-order valence-electron chi connectivity index (χ0n) is 21.9. The van der Waals surface area contributed by atoms with Gasteiger partial charge in [-0.15, -0.1) is 6.58 Å². The lowest BCUT2D eigenvalue weighted by Gasteiger charge is -2.34. The Kier molecular flexibility index (Phi) is 8.74. The fourth-order valence-corrected chi connectivity index (χ4v) is 4.66. The van der Waals surface area contributed by atoms with Gasteiger partial charge < -0.3 is 25.7 Å². The first-order chi connectivity index (χ1) is 18.2. The van der Waals surface area contributed by atoms with Crippen molar-refractivity contribution in [2.24, 2.45) is 5.41 Å². The maximum Gasteiger partial charge on any atom is 0.272 e. The van der Waals surface area contributed by atoms with Crippen LogP contribution >= 0.6 is 0 Å². The van der Waals surface area contributed by atoms with Gasteiger partial charge in [-0.05, 0) is 43.2 Å². The first-order valence-electron chi connectivity index (χ1n) is 12.3. The van der Waals surface area contributed by atoms with Crippen LogP contribution in [0.5, 0.6) is 5.75 Å². The van der Waals surface area contributed by atoms with Gasteiger partial charge in [-0.3, -0.25) is 14.4 Å². The van der Waals surface area contributed by atoms with Crippen LogP contribution in [0.2, 0.25) is 0 Å². The SMILES string of the molecule is C=CCNC(=O)C1N(C(=O)[C@@H](O)[C@H](Cc2cccc(F)c2)NC(=O)c2cccc(O)c2C)CC(F)(F)C1(C)C. The van der Waals surface area contributed by atoms with Crippen molar-refractivity contribution in [3.63, 3.8) is 0 Å². The number of benzene rings is 2. The summed E-state index contributed by atoms with van der Waals surface area (Å²) in [5.41, 5.74) is -1.38. The van der Waals surface area contributed by atoms with Gasteiger partial charge >= 0.3 is 0 Å². The maximum atomic E-state index is 15.0. The number of alkyl halides is 2. The summed E-state index contributed by atoms with van der Waals surface area (Å²) >= 11 is 0. The molecule has 2 aromatic carbocycles. The molecule has 1 unspecified atom stereocenters. The first-order valence-corrected chi connectivity index (χ1v) is 12.3. The van der Waals surface area contributed by atoms with E-state index in [9.17, 15) is 29.0 Å². The van der Waals surface area contributed by atoms with Gasteiger partial charge in [-0.1, -0.05) is 38.1 Å². The van der Waals surface area contributed by atoms with Crippen molar-refractivity contribution in [3.8, 4) is 5.75 Å². The number of aliphatic hydroxyl groups is 1. The summed E-state index contributed by atoms with van der Waals surface area (Å²) in [7, 11) is 0. The molecule has 1 aliphatic heterocycles. The summed E-state index contributed by atoms with van der Waals surface area (Å²) in [6, 6.07) is 6.45. The number of hydrogen-bond acceptors (Lipinski definition) is 5. The molecule has 0 bridgehead atoms. The van der Waals surface area contributed by atoms with E-state index in [2.05, 4.69) is 17.2 Å². The second kappa shape index (κ2) is 11.5. The predicted octanol–water partition coefficient (Wildman–Crippen LogP) is 2.72. The largest absolute Gasteiger partial charge is 0.508 e. The van der Waals surface area contributed by atoms with Crippen LogP contribution in [0.1, 0.15) is 35.3 Å². The van der Waals surface area contributed by atoms with Crippen molar-refractivity contribution in [1.82, 2.24) is 15.5 Å². The van der Waals surface area contributed by atoms with Gasteiger partial charge in [0.25, 0.3) is 17.7 Å². The molecule has 2 aromatic rings. The molecule has 3 atom stereocenters. The summed E-state index contributed by atoms with van der Waals surface area (Å²) < 4.78 is 43.9. The van der Waals surface area contributed by atoms with Crippen molar-refractivity contribution < 1.29 is 37.8 Å². The van der Waals surface area contributed by atoms with Crippen LogP contribution in [0.25, 0.3) is 0 Å². The molecular formula is C28H32F3N3O5. The van der Waals surface area contributed by atoms with Crippen molar-refractivity contribution in [2.75, 3.05) is 13.1 Å². The van der Waals surface area contributed by atoms with Crippen molar-refractivity contribution >= 4 is 17.7 Å². The number of rotatable bonds is 9. The lowest BCUT2D eigenvalue weighted by Crippen LogP contribution is -2.57. The average molecular weight is 548 g/mol. The number of halogens is 3. The smallest absolute Gasteiger partial charge is 0.272 e. The van der Waals surface area contributed by atoms with Crippen LogP contribution in [0.3, 0.4) is 0 Å². The second-order valence-electron chi connectivity index (χ2n) is 10.1. The number of nitrogens with zero attached hydrogens (tertiary/aromatic N) is 1. The van der Waals surface area contributed by atoms with Gasteiger partial charge in [0, 0.05) is 17.7 Å². The van der Waals surface area contributed by atoms with Gasteiger partial charge in [0.2, 0.25) is 5.91 Å². The van der Waals surface area contributed by atoms with Crippen molar-refractivity contribution in [1.29, 1.82) is 0 Å². The molecule has 3 amide bonds. The third-order valence-corrected chi connectivity index (χ3v) is 7.10. The Morgan fingerprint density at radius 2 is 1.87 bits per heavy atom. The Hall–Kier alpha value is -3.86. The molecule has 11 heteroatoms. The third-order valence-electron chi connectivity index (χ3n) is 7.10. The number of hydrogen-bond donors (Lipinski definition) is 4. The summed E-state index contributed by atoms with van der Waals surface area (Å²) in [6.07, 6.45) is -0.962. The third kappa shape index (κ3) is 6.08. The molecule has 0 saturated carbocycles. The van der Waals surface area contributed by atoms with E-state index >= 15 is 8.78 Å². The topological polar surface area (TPSA) is 119 Å². The molecule has 8 nitrogen and oxygen atoms in total. The highest BCUT2D eigenvalue weighted by atomic mass is 19.3. The van der Waals surface area contributed by atoms with Crippen LogP contribution in [0, 0.1) is 18.2 Å². The Balaban J connectivity index is 1.97. The number of carbonyl (C=O) groups excluding carboxylic acids is 3. The zero-order valence-corrected chi connectivity index (χ0v) is 21.9. The molecule has 0 radical (unpaired) electrons. The molecule has 3 rings (SSSR count). The summed E-state index contributed by atoms with van der Waals surface area (Å²) in [4.78, 5) is 40.1. The van der Waals surface area contributed by atoms with Gasteiger partial charge in [-0.25, -0.2) is 13.2 Å². The molecule has 4 N–H and O–H groups in total. The molecule has 1 saturated heterocycles. The predicted molar refractivity (Wildman–Crippen MR) is 138 cm³/mol. The summed E-state index contributed by atoms with van der Waals surface area (Å²) in [6.45, 7) is 6.12. The lowest BCUT2D eigenvalue weighted by atomic mass is 9.81.